The summed E-state index contributed by atoms with van der Waals surface area (Å²) >= 11 is 3.36. The molecule has 1 aromatic rings. The smallest absolute Gasteiger partial charge is 0.242 e. The Morgan fingerprint density at radius 3 is 2.27 bits per heavy atom. The number of nitrogens with one attached hydrogen (secondary N) is 1. The Morgan fingerprint density at radius 1 is 1.03 bits per heavy atom. The third-order valence-corrected chi connectivity index (χ3v) is 11.9. The van der Waals surface area contributed by atoms with Crippen molar-refractivity contribution in [2.24, 2.45) is 29.1 Å². The molecule has 0 amide bonds. The summed E-state index contributed by atoms with van der Waals surface area (Å²) in [5.41, 5.74) is -1.17. The zero-order chi connectivity index (χ0) is 23.4. The molecule has 4 bridgehead atoms. The summed E-state index contributed by atoms with van der Waals surface area (Å²) in [6.07, 6.45) is 9.44. The van der Waals surface area contributed by atoms with E-state index in [1.165, 1.54) is 0 Å². The summed E-state index contributed by atoms with van der Waals surface area (Å²) in [7, 11) is -3.84. The number of ketones is 2. The normalized spacial score (nSPS) is 34.8. The van der Waals surface area contributed by atoms with Crippen molar-refractivity contribution < 1.29 is 18.0 Å². The lowest BCUT2D eigenvalue weighted by molar-refractivity contribution is -0.151. The molecule has 2 unspecified atom stereocenters. The molecule has 0 saturated heterocycles. The molecule has 5 nitrogen and oxygen atoms in total. The number of halogens is 1. The van der Waals surface area contributed by atoms with Gasteiger partial charge in [0.25, 0.3) is 0 Å². The van der Waals surface area contributed by atoms with Crippen molar-refractivity contribution in [3.8, 4) is 0 Å². The van der Waals surface area contributed by atoms with E-state index in [4.69, 9.17) is 0 Å². The minimum Gasteiger partial charge on any atom is -0.299 e. The van der Waals surface area contributed by atoms with E-state index >= 15 is 0 Å². The van der Waals surface area contributed by atoms with Gasteiger partial charge in [0.1, 0.15) is 5.78 Å². The predicted molar refractivity (Wildman–Crippen MR) is 130 cm³/mol. The lowest BCUT2D eigenvalue weighted by atomic mass is 9.44. The molecule has 5 aliphatic carbocycles. The first-order chi connectivity index (χ1) is 15.6. The summed E-state index contributed by atoms with van der Waals surface area (Å²) in [6, 6.07) is 6.77. The monoisotopic (exact) mass is 535 g/mol. The van der Waals surface area contributed by atoms with Crippen molar-refractivity contribution in [2.45, 2.75) is 88.0 Å². The molecule has 7 heteroatoms. The predicted octanol–water partition coefficient (Wildman–Crippen LogP) is 5.42. The van der Waals surface area contributed by atoms with Crippen LogP contribution in [0.1, 0.15) is 77.6 Å². The summed E-state index contributed by atoms with van der Waals surface area (Å²) in [6.45, 7) is 1.75. The van der Waals surface area contributed by atoms with E-state index in [1.54, 1.807) is 31.2 Å². The molecular formula is C26H34BrNO4S. The third kappa shape index (κ3) is 4.16. The highest BCUT2D eigenvalue weighted by Crippen LogP contribution is 2.63. The van der Waals surface area contributed by atoms with Crippen LogP contribution in [0.25, 0.3) is 0 Å². The van der Waals surface area contributed by atoms with Crippen LogP contribution in [0.3, 0.4) is 0 Å². The molecule has 0 aliphatic heterocycles. The number of benzene rings is 1. The number of Topliss-reactive ketones (excluding diaryl/α,β-unsaturated/α-hetero) is 2. The van der Waals surface area contributed by atoms with Gasteiger partial charge in [0.05, 0.1) is 10.4 Å². The maximum absolute atomic E-state index is 13.9. The minimum absolute atomic E-state index is 0.0622. The van der Waals surface area contributed by atoms with Gasteiger partial charge in [0.15, 0.2) is 5.78 Å². The molecule has 5 saturated carbocycles. The maximum Gasteiger partial charge on any atom is 0.242 e. The SMILES string of the molecule is CC(=O)C12CC3CC(C1)C(CC(=O)C1(NS(=O)(=O)c4ccccc4Br)CCCCC1)C(C3)C2. The highest BCUT2D eigenvalue weighted by Gasteiger charge is 2.58. The Balaban J connectivity index is 1.39. The highest BCUT2D eigenvalue weighted by atomic mass is 79.9. The Hall–Kier alpha value is -1.05. The van der Waals surface area contributed by atoms with Crippen LogP contribution in [0.4, 0.5) is 0 Å². The molecule has 1 aromatic carbocycles. The molecule has 5 aliphatic rings. The van der Waals surface area contributed by atoms with Crippen molar-refractivity contribution >= 4 is 37.5 Å². The lowest BCUT2D eigenvalue weighted by Gasteiger charge is -2.59. The fourth-order valence-corrected chi connectivity index (χ4v) is 10.3. The van der Waals surface area contributed by atoms with Crippen LogP contribution in [0.5, 0.6) is 0 Å². The first-order valence-electron chi connectivity index (χ1n) is 12.5. The minimum atomic E-state index is -3.84. The molecule has 5 fully saturated rings. The Morgan fingerprint density at radius 2 is 1.67 bits per heavy atom. The van der Waals surface area contributed by atoms with E-state index in [0.717, 1.165) is 51.4 Å². The number of sulfonamides is 1. The number of hydrogen-bond donors (Lipinski definition) is 1. The van der Waals surface area contributed by atoms with Gasteiger partial charge >= 0.3 is 0 Å². The van der Waals surface area contributed by atoms with Crippen LogP contribution in [0.15, 0.2) is 33.6 Å². The maximum atomic E-state index is 13.9. The number of rotatable bonds is 7. The van der Waals surface area contributed by atoms with Crippen LogP contribution in [-0.4, -0.2) is 25.5 Å². The highest BCUT2D eigenvalue weighted by molar-refractivity contribution is 9.10. The van der Waals surface area contributed by atoms with Gasteiger partial charge in [-0.2, -0.15) is 4.72 Å². The van der Waals surface area contributed by atoms with E-state index in [9.17, 15) is 18.0 Å². The van der Waals surface area contributed by atoms with Crippen molar-refractivity contribution in [3.63, 3.8) is 0 Å². The van der Waals surface area contributed by atoms with Crippen LogP contribution in [0.2, 0.25) is 0 Å². The molecule has 180 valence electrons. The van der Waals surface area contributed by atoms with Gasteiger partial charge in [-0.25, -0.2) is 8.42 Å². The molecule has 0 radical (unpaired) electrons. The zero-order valence-electron chi connectivity index (χ0n) is 19.3. The van der Waals surface area contributed by atoms with E-state index in [0.29, 0.717) is 47.3 Å². The molecular weight excluding hydrogens is 502 g/mol. The summed E-state index contributed by atoms with van der Waals surface area (Å²) in [4.78, 5) is 26.6. The largest absolute Gasteiger partial charge is 0.299 e. The number of carbonyl (C=O) groups excluding carboxylic acids is 2. The third-order valence-electron chi connectivity index (χ3n) is 9.33. The average Bonchev–Trinajstić information content (AvgIpc) is 2.76. The molecule has 0 heterocycles. The average molecular weight is 537 g/mol. The Bertz CT molecular complexity index is 1050. The van der Waals surface area contributed by atoms with Crippen molar-refractivity contribution in [2.75, 3.05) is 0 Å². The van der Waals surface area contributed by atoms with E-state index in [1.807, 2.05) is 0 Å². The van der Waals surface area contributed by atoms with Gasteiger partial charge < -0.3 is 0 Å². The number of carbonyl (C=O) groups is 2. The van der Waals surface area contributed by atoms with Crippen LogP contribution in [0, 0.1) is 29.1 Å². The van der Waals surface area contributed by atoms with Crippen molar-refractivity contribution in [3.05, 3.63) is 28.7 Å². The summed E-state index contributed by atoms with van der Waals surface area (Å²) < 4.78 is 30.1. The van der Waals surface area contributed by atoms with Gasteiger partial charge in [-0.3, -0.25) is 9.59 Å². The topological polar surface area (TPSA) is 80.3 Å². The molecule has 2 atom stereocenters. The van der Waals surface area contributed by atoms with Crippen LogP contribution in [-0.2, 0) is 19.6 Å². The number of hydrogen-bond acceptors (Lipinski definition) is 4. The van der Waals surface area contributed by atoms with Gasteiger partial charge in [-0.1, -0.05) is 31.4 Å². The molecule has 33 heavy (non-hydrogen) atoms. The summed E-state index contributed by atoms with van der Waals surface area (Å²) in [5.74, 6) is 2.14. The lowest BCUT2D eigenvalue weighted by Crippen LogP contribution is -2.58. The molecule has 1 N–H and O–H groups in total. The van der Waals surface area contributed by atoms with Crippen LogP contribution >= 0.6 is 15.9 Å². The molecule has 0 spiro atoms. The van der Waals surface area contributed by atoms with E-state index in [2.05, 4.69) is 20.7 Å². The second-order valence-electron chi connectivity index (χ2n) is 11.3. The first kappa shape index (κ1) is 23.7. The Labute approximate surface area is 205 Å². The van der Waals surface area contributed by atoms with E-state index in [-0.39, 0.29) is 22.0 Å². The summed E-state index contributed by atoms with van der Waals surface area (Å²) in [5, 5.41) is 0. The molecule has 6 rings (SSSR count). The second-order valence-corrected chi connectivity index (χ2v) is 13.8. The quantitative estimate of drug-likeness (QED) is 0.505. The fourth-order valence-electron chi connectivity index (χ4n) is 7.87. The van der Waals surface area contributed by atoms with Crippen LogP contribution < -0.4 is 4.72 Å². The van der Waals surface area contributed by atoms with Gasteiger partial charge in [0, 0.05) is 16.3 Å². The van der Waals surface area contributed by atoms with Crippen molar-refractivity contribution in [1.82, 2.24) is 4.72 Å². The van der Waals surface area contributed by atoms with E-state index < -0.39 is 15.6 Å². The van der Waals surface area contributed by atoms with Gasteiger partial charge in [0.2, 0.25) is 10.0 Å². The Kier molecular flexibility index (Phi) is 6.14. The standard InChI is InChI=1S/C26H34BrNO4S/c1-17(29)25-14-18-11-19(15-25)21(20(12-18)16-25)13-24(30)26(9-5-2-6-10-26)28-33(31,32)23-8-4-3-7-22(23)27/h3-4,7-8,18-21,28H,2,5-6,9-16H2,1H3. The fraction of sp³-hybridized carbons (Fsp3) is 0.692. The zero-order valence-corrected chi connectivity index (χ0v) is 21.7. The second kappa shape index (κ2) is 8.56. The molecule has 0 aromatic heterocycles. The first-order valence-corrected chi connectivity index (χ1v) is 14.7. The van der Waals surface area contributed by atoms with Gasteiger partial charge in [-0.15, -0.1) is 0 Å². The van der Waals surface area contributed by atoms with Crippen molar-refractivity contribution in [1.29, 1.82) is 0 Å². The van der Waals surface area contributed by atoms with Gasteiger partial charge in [-0.05, 0) is 104 Å².